The van der Waals surface area contributed by atoms with Crippen LogP contribution in [0.1, 0.15) is 10.5 Å². The lowest BCUT2D eigenvalue weighted by molar-refractivity contribution is 0.102. The molecule has 0 saturated carbocycles. The van der Waals surface area contributed by atoms with Gasteiger partial charge in [0.2, 0.25) is 0 Å². The van der Waals surface area contributed by atoms with Crippen LogP contribution in [0.3, 0.4) is 0 Å². The summed E-state index contributed by atoms with van der Waals surface area (Å²) in [6.45, 7) is 0. The number of amides is 1. The Morgan fingerprint density at radius 1 is 1.00 bits per heavy atom. The van der Waals surface area contributed by atoms with Crippen LogP contribution in [0.15, 0.2) is 30.3 Å². The number of benzene rings is 1. The molecular formula is C12H6Cl4N2O. The Labute approximate surface area is 129 Å². The van der Waals surface area contributed by atoms with E-state index in [4.69, 9.17) is 46.4 Å². The topological polar surface area (TPSA) is 42.0 Å². The molecule has 0 aliphatic rings. The van der Waals surface area contributed by atoms with Crippen LogP contribution in [-0.2, 0) is 0 Å². The predicted octanol–water partition coefficient (Wildman–Crippen LogP) is 4.95. The molecule has 0 unspecified atom stereocenters. The fourth-order valence-corrected chi connectivity index (χ4v) is 2.03. The minimum Gasteiger partial charge on any atom is -0.319 e. The Balaban J connectivity index is 2.30. The maximum absolute atomic E-state index is 12.0. The first-order valence-corrected chi connectivity index (χ1v) is 6.57. The van der Waals surface area contributed by atoms with E-state index in [-0.39, 0.29) is 15.9 Å². The highest BCUT2D eigenvalue weighted by molar-refractivity contribution is 6.37. The highest BCUT2D eigenvalue weighted by Gasteiger charge is 2.14. The summed E-state index contributed by atoms with van der Waals surface area (Å²) >= 11 is 23.4. The van der Waals surface area contributed by atoms with Crippen molar-refractivity contribution in [2.45, 2.75) is 0 Å². The Morgan fingerprint density at radius 3 is 2.42 bits per heavy atom. The number of carbonyl (C=O) groups excluding carboxylic acids is 1. The molecule has 1 aromatic carbocycles. The van der Waals surface area contributed by atoms with Crippen molar-refractivity contribution in [2.75, 3.05) is 5.32 Å². The molecule has 98 valence electrons. The van der Waals surface area contributed by atoms with Gasteiger partial charge in [-0.1, -0.05) is 46.4 Å². The summed E-state index contributed by atoms with van der Waals surface area (Å²) in [5.74, 6) is -0.517. The van der Waals surface area contributed by atoms with Crippen LogP contribution in [0, 0.1) is 0 Å². The lowest BCUT2D eigenvalue weighted by Crippen LogP contribution is -2.14. The second-order valence-corrected chi connectivity index (χ2v) is 5.18. The highest BCUT2D eigenvalue weighted by atomic mass is 35.5. The molecule has 0 aliphatic carbocycles. The number of hydrogen-bond acceptors (Lipinski definition) is 2. The molecular weight excluding hydrogens is 330 g/mol. The van der Waals surface area contributed by atoms with Gasteiger partial charge in [0.05, 0.1) is 15.7 Å². The quantitative estimate of drug-likeness (QED) is 0.789. The van der Waals surface area contributed by atoms with Crippen LogP contribution in [0.25, 0.3) is 0 Å². The van der Waals surface area contributed by atoms with Gasteiger partial charge in [-0.25, -0.2) is 4.98 Å². The fourth-order valence-electron chi connectivity index (χ4n) is 1.35. The first kappa shape index (κ1) is 14.4. The van der Waals surface area contributed by atoms with Gasteiger partial charge in [-0.3, -0.25) is 4.79 Å². The number of halogens is 4. The number of anilines is 1. The monoisotopic (exact) mass is 334 g/mol. The Bertz CT molecular complexity index is 646. The number of nitrogens with zero attached hydrogens (tertiary/aromatic N) is 1. The first-order valence-electron chi connectivity index (χ1n) is 5.06. The molecule has 2 aromatic rings. The van der Waals surface area contributed by atoms with Gasteiger partial charge < -0.3 is 5.32 Å². The molecule has 0 aliphatic heterocycles. The molecule has 0 radical (unpaired) electrons. The number of nitrogens with one attached hydrogen (secondary N) is 1. The van der Waals surface area contributed by atoms with Crippen LogP contribution < -0.4 is 5.32 Å². The number of aromatic nitrogens is 1. The standard InChI is InChI=1S/C12H6Cl4N2O/c13-6-1-2-7(14)9(5-6)17-12(19)11-8(15)3-4-10(16)18-11/h1-5H,(H,17,19). The molecule has 0 spiro atoms. The van der Waals surface area contributed by atoms with Crippen LogP contribution in [0.4, 0.5) is 5.69 Å². The summed E-state index contributed by atoms with van der Waals surface area (Å²) in [6, 6.07) is 7.70. The van der Waals surface area contributed by atoms with E-state index < -0.39 is 5.91 Å². The van der Waals surface area contributed by atoms with Crippen molar-refractivity contribution in [3.05, 3.63) is 56.2 Å². The molecule has 0 bridgehead atoms. The summed E-state index contributed by atoms with van der Waals surface area (Å²) < 4.78 is 0. The number of rotatable bonds is 2. The summed E-state index contributed by atoms with van der Waals surface area (Å²) in [5, 5.41) is 3.75. The van der Waals surface area contributed by atoms with Crippen LogP contribution >= 0.6 is 46.4 Å². The third-order valence-electron chi connectivity index (χ3n) is 2.20. The number of pyridine rings is 1. The van der Waals surface area contributed by atoms with Crippen molar-refractivity contribution in [1.29, 1.82) is 0 Å². The van der Waals surface area contributed by atoms with Gasteiger partial charge in [0.1, 0.15) is 10.8 Å². The molecule has 0 atom stereocenters. The van der Waals surface area contributed by atoms with E-state index >= 15 is 0 Å². The first-order chi connectivity index (χ1) is 8.97. The molecule has 0 saturated heterocycles. The molecule has 19 heavy (non-hydrogen) atoms. The predicted molar refractivity (Wildman–Crippen MR) is 78.7 cm³/mol. The van der Waals surface area contributed by atoms with Crippen molar-refractivity contribution in [1.82, 2.24) is 4.98 Å². The lowest BCUT2D eigenvalue weighted by Gasteiger charge is -2.08. The maximum atomic E-state index is 12.0. The normalized spacial score (nSPS) is 10.3. The van der Waals surface area contributed by atoms with E-state index in [1.165, 1.54) is 18.2 Å². The molecule has 1 aromatic heterocycles. The van der Waals surface area contributed by atoms with Crippen molar-refractivity contribution in [2.24, 2.45) is 0 Å². The van der Waals surface area contributed by atoms with Gasteiger partial charge in [-0.05, 0) is 30.3 Å². The molecule has 1 N–H and O–H groups in total. The van der Waals surface area contributed by atoms with Gasteiger partial charge in [0.15, 0.2) is 0 Å². The van der Waals surface area contributed by atoms with E-state index in [2.05, 4.69) is 10.3 Å². The highest BCUT2D eigenvalue weighted by Crippen LogP contribution is 2.26. The number of hydrogen-bond donors (Lipinski definition) is 1. The van der Waals surface area contributed by atoms with Crippen molar-refractivity contribution >= 4 is 58.0 Å². The van der Waals surface area contributed by atoms with Crippen LogP contribution in [-0.4, -0.2) is 10.9 Å². The zero-order valence-electron chi connectivity index (χ0n) is 9.25. The summed E-state index contributed by atoms with van der Waals surface area (Å²) in [4.78, 5) is 15.9. The minimum atomic E-state index is -0.517. The Morgan fingerprint density at radius 2 is 1.68 bits per heavy atom. The van der Waals surface area contributed by atoms with Gasteiger partial charge in [0, 0.05) is 5.02 Å². The SMILES string of the molecule is O=C(Nc1cc(Cl)ccc1Cl)c1nc(Cl)ccc1Cl. The third-order valence-corrected chi connectivity index (χ3v) is 3.28. The lowest BCUT2D eigenvalue weighted by atomic mass is 10.3. The summed E-state index contributed by atoms with van der Waals surface area (Å²) in [7, 11) is 0. The Kier molecular flexibility index (Phi) is 4.53. The number of carbonyl (C=O) groups is 1. The second-order valence-electron chi connectivity index (χ2n) is 3.54. The van der Waals surface area contributed by atoms with Crippen LogP contribution in [0.2, 0.25) is 20.2 Å². The van der Waals surface area contributed by atoms with Crippen molar-refractivity contribution in [3.63, 3.8) is 0 Å². The average Bonchev–Trinajstić information content (AvgIpc) is 2.36. The second kappa shape index (κ2) is 5.97. The summed E-state index contributed by atoms with van der Waals surface area (Å²) in [5.41, 5.74) is 0.391. The fraction of sp³-hybridized carbons (Fsp3) is 0. The smallest absolute Gasteiger partial charge is 0.275 e. The largest absolute Gasteiger partial charge is 0.319 e. The third kappa shape index (κ3) is 3.51. The van der Waals surface area contributed by atoms with Crippen molar-refractivity contribution in [3.8, 4) is 0 Å². The zero-order chi connectivity index (χ0) is 14.0. The van der Waals surface area contributed by atoms with Gasteiger partial charge >= 0.3 is 0 Å². The van der Waals surface area contributed by atoms with E-state index in [9.17, 15) is 4.79 Å². The van der Waals surface area contributed by atoms with Gasteiger partial charge in [-0.15, -0.1) is 0 Å². The van der Waals surface area contributed by atoms with E-state index in [0.29, 0.717) is 15.7 Å². The molecule has 2 rings (SSSR count). The zero-order valence-corrected chi connectivity index (χ0v) is 12.3. The minimum absolute atomic E-state index is 0.0187. The van der Waals surface area contributed by atoms with Gasteiger partial charge in [0.25, 0.3) is 5.91 Å². The molecule has 0 fully saturated rings. The average molecular weight is 336 g/mol. The molecule has 1 amide bonds. The molecule has 3 nitrogen and oxygen atoms in total. The van der Waals surface area contributed by atoms with Gasteiger partial charge in [-0.2, -0.15) is 0 Å². The van der Waals surface area contributed by atoms with E-state index in [1.807, 2.05) is 0 Å². The maximum Gasteiger partial charge on any atom is 0.275 e. The van der Waals surface area contributed by atoms with Crippen LogP contribution in [0.5, 0.6) is 0 Å². The van der Waals surface area contributed by atoms with Crippen molar-refractivity contribution < 1.29 is 4.79 Å². The molecule has 7 heteroatoms. The Hall–Kier alpha value is -1.000. The molecule has 1 heterocycles. The summed E-state index contributed by atoms with van der Waals surface area (Å²) in [6.07, 6.45) is 0. The van der Waals surface area contributed by atoms with E-state index in [1.54, 1.807) is 12.1 Å². The van der Waals surface area contributed by atoms with E-state index in [0.717, 1.165) is 0 Å².